The van der Waals surface area contributed by atoms with Crippen molar-refractivity contribution >= 4 is 11.6 Å². The molecule has 2 aliphatic rings. The van der Waals surface area contributed by atoms with Crippen molar-refractivity contribution in [3.8, 4) is 0 Å². The van der Waals surface area contributed by atoms with Gasteiger partial charge in [-0.3, -0.25) is 0 Å². The summed E-state index contributed by atoms with van der Waals surface area (Å²) in [7, 11) is 0. The Morgan fingerprint density at radius 3 is 2.50 bits per heavy atom. The third kappa shape index (κ3) is 3.31. The summed E-state index contributed by atoms with van der Waals surface area (Å²) in [4.78, 5) is 12.8. The fourth-order valence-corrected chi connectivity index (χ4v) is 3.21. The molecule has 22 heavy (non-hydrogen) atoms. The van der Waals surface area contributed by atoms with Gasteiger partial charge in [-0.15, -0.1) is 0 Å². The molecule has 122 valence electrons. The van der Waals surface area contributed by atoms with E-state index in [0.717, 1.165) is 50.5 Å². The fourth-order valence-electron chi connectivity index (χ4n) is 3.21. The average molecular weight is 308 g/mol. The minimum Gasteiger partial charge on any atom is -0.393 e. The number of rotatable bonds is 3. The predicted molar refractivity (Wildman–Crippen MR) is 83.0 cm³/mol. The van der Waals surface area contributed by atoms with Crippen LogP contribution in [0.1, 0.15) is 25.7 Å². The summed E-state index contributed by atoms with van der Waals surface area (Å²) in [5.74, 6) is 1.64. The number of hydrogen-bond acceptors (Lipinski definition) is 7. The second-order valence-electron chi connectivity index (χ2n) is 6.36. The third-order valence-corrected chi connectivity index (χ3v) is 4.60. The molecule has 2 aliphatic heterocycles. The summed E-state index contributed by atoms with van der Waals surface area (Å²) < 4.78 is 0. The van der Waals surface area contributed by atoms with Gasteiger partial charge in [0.15, 0.2) is 0 Å². The van der Waals surface area contributed by atoms with E-state index in [-0.39, 0.29) is 12.7 Å². The highest BCUT2D eigenvalue weighted by molar-refractivity contribution is 5.51. The highest BCUT2D eigenvalue weighted by Crippen LogP contribution is 2.27. The zero-order chi connectivity index (χ0) is 15.6. The van der Waals surface area contributed by atoms with E-state index >= 15 is 0 Å². The van der Waals surface area contributed by atoms with Crippen LogP contribution in [0.4, 0.5) is 11.6 Å². The van der Waals surface area contributed by atoms with E-state index in [4.69, 9.17) is 0 Å². The number of aliphatic hydroxyl groups excluding tert-OH is 2. The van der Waals surface area contributed by atoms with Gasteiger partial charge in [0.25, 0.3) is 0 Å². The molecule has 3 rings (SSSR count). The Kier molecular flexibility index (Phi) is 4.46. The first kappa shape index (κ1) is 15.5. The maximum absolute atomic E-state index is 10.3. The van der Waals surface area contributed by atoms with E-state index in [1.807, 2.05) is 11.0 Å². The van der Waals surface area contributed by atoms with Gasteiger partial charge in [0.05, 0.1) is 19.3 Å². The van der Waals surface area contributed by atoms with Crippen LogP contribution in [0.15, 0.2) is 12.4 Å². The lowest BCUT2D eigenvalue weighted by atomic mass is 9.94. The molecule has 0 unspecified atom stereocenters. The molecule has 0 aromatic carbocycles. The van der Waals surface area contributed by atoms with Crippen molar-refractivity contribution < 1.29 is 15.3 Å². The molecular formula is C15H24N4O3. The Labute approximate surface area is 130 Å². The van der Waals surface area contributed by atoms with Gasteiger partial charge in [0, 0.05) is 25.7 Å². The molecule has 0 bridgehead atoms. The van der Waals surface area contributed by atoms with Crippen molar-refractivity contribution in [1.29, 1.82) is 0 Å². The van der Waals surface area contributed by atoms with Gasteiger partial charge in [-0.05, 0) is 25.7 Å². The van der Waals surface area contributed by atoms with Crippen molar-refractivity contribution in [3.63, 3.8) is 0 Å². The highest BCUT2D eigenvalue weighted by Gasteiger charge is 2.33. The van der Waals surface area contributed by atoms with Crippen molar-refractivity contribution in [1.82, 2.24) is 9.97 Å². The summed E-state index contributed by atoms with van der Waals surface area (Å²) in [6, 6.07) is 1.93. The molecule has 1 aromatic heterocycles. The van der Waals surface area contributed by atoms with E-state index < -0.39 is 5.60 Å². The van der Waals surface area contributed by atoms with Crippen LogP contribution in [0.3, 0.4) is 0 Å². The van der Waals surface area contributed by atoms with Crippen LogP contribution in [0.25, 0.3) is 0 Å². The minimum absolute atomic E-state index is 0.209. The maximum atomic E-state index is 10.3. The number of piperidine rings is 2. The monoisotopic (exact) mass is 308 g/mol. The van der Waals surface area contributed by atoms with Gasteiger partial charge in [0.1, 0.15) is 23.6 Å². The molecule has 7 heteroatoms. The first-order valence-electron chi connectivity index (χ1n) is 7.93. The first-order chi connectivity index (χ1) is 10.6. The molecule has 0 spiro atoms. The molecule has 0 amide bonds. The number of nitrogens with zero attached hydrogens (tertiary/aromatic N) is 4. The van der Waals surface area contributed by atoms with Crippen molar-refractivity contribution in [2.24, 2.45) is 0 Å². The average Bonchev–Trinajstić information content (AvgIpc) is 2.56. The number of aliphatic hydroxyl groups is 3. The molecule has 0 saturated carbocycles. The predicted octanol–water partition coefficient (Wildman–Crippen LogP) is -0.239. The topological polar surface area (TPSA) is 93.0 Å². The lowest BCUT2D eigenvalue weighted by Gasteiger charge is -2.39. The highest BCUT2D eigenvalue weighted by atomic mass is 16.3. The van der Waals surface area contributed by atoms with Crippen LogP contribution in [-0.4, -0.2) is 69.8 Å². The van der Waals surface area contributed by atoms with Gasteiger partial charge in [-0.2, -0.15) is 0 Å². The van der Waals surface area contributed by atoms with Crippen molar-refractivity contribution in [3.05, 3.63) is 12.4 Å². The molecule has 3 heterocycles. The molecule has 2 saturated heterocycles. The Balaban J connectivity index is 1.73. The van der Waals surface area contributed by atoms with Crippen molar-refractivity contribution in [2.75, 3.05) is 42.6 Å². The van der Waals surface area contributed by atoms with Gasteiger partial charge < -0.3 is 25.1 Å². The van der Waals surface area contributed by atoms with E-state index in [1.54, 1.807) is 6.33 Å². The second kappa shape index (κ2) is 6.36. The van der Waals surface area contributed by atoms with E-state index in [1.165, 1.54) is 0 Å². The Morgan fingerprint density at radius 1 is 1.14 bits per heavy atom. The van der Waals surface area contributed by atoms with Crippen LogP contribution < -0.4 is 9.80 Å². The summed E-state index contributed by atoms with van der Waals surface area (Å²) in [6.07, 6.45) is 4.29. The minimum atomic E-state index is -1.04. The van der Waals surface area contributed by atoms with Gasteiger partial charge in [0.2, 0.25) is 0 Å². The normalized spacial score (nSPS) is 27.2. The molecular weight excluding hydrogens is 284 g/mol. The molecule has 0 aliphatic carbocycles. The van der Waals surface area contributed by atoms with E-state index in [2.05, 4.69) is 14.9 Å². The Bertz CT molecular complexity index is 507. The van der Waals surface area contributed by atoms with Crippen molar-refractivity contribution in [2.45, 2.75) is 37.4 Å². The largest absolute Gasteiger partial charge is 0.393 e. The van der Waals surface area contributed by atoms with Crippen LogP contribution in [0, 0.1) is 0 Å². The summed E-state index contributed by atoms with van der Waals surface area (Å²) in [5.41, 5.74) is -1.04. The Morgan fingerprint density at radius 2 is 1.82 bits per heavy atom. The molecule has 0 radical (unpaired) electrons. The fraction of sp³-hybridized carbons (Fsp3) is 0.733. The quantitative estimate of drug-likeness (QED) is 0.710. The SMILES string of the molecule is OC[C@@]1(O)CCCN(c2cc(N3CCC(O)CC3)ncn2)C1. The first-order valence-corrected chi connectivity index (χ1v) is 7.93. The standard InChI is InChI=1S/C15H24N4O3/c20-10-15(22)4-1-5-19(9-15)14-8-13(16-11-17-14)18-6-2-12(21)3-7-18/h8,11-12,20-22H,1-7,9-10H2/t15-/m1/s1. The Hall–Kier alpha value is -1.44. The van der Waals surface area contributed by atoms with Gasteiger partial charge in [-0.1, -0.05) is 0 Å². The number of hydrogen-bond donors (Lipinski definition) is 3. The van der Waals surface area contributed by atoms with Crippen LogP contribution >= 0.6 is 0 Å². The number of anilines is 2. The zero-order valence-electron chi connectivity index (χ0n) is 12.7. The second-order valence-corrected chi connectivity index (χ2v) is 6.36. The lowest BCUT2D eigenvalue weighted by Crippen LogP contribution is -2.50. The number of aromatic nitrogens is 2. The van der Waals surface area contributed by atoms with Crippen LogP contribution in [0.5, 0.6) is 0 Å². The molecule has 3 N–H and O–H groups in total. The van der Waals surface area contributed by atoms with Gasteiger partial charge >= 0.3 is 0 Å². The molecule has 1 aromatic rings. The summed E-state index contributed by atoms with van der Waals surface area (Å²) in [5, 5.41) is 29.2. The lowest BCUT2D eigenvalue weighted by molar-refractivity contribution is -0.0242. The van der Waals surface area contributed by atoms with Crippen LogP contribution in [-0.2, 0) is 0 Å². The zero-order valence-corrected chi connectivity index (χ0v) is 12.7. The molecule has 7 nitrogen and oxygen atoms in total. The summed E-state index contributed by atoms with van der Waals surface area (Å²) in [6.45, 7) is 2.55. The number of β-amino-alcohol motifs (C(OH)–C–C–N with tert-alkyl or cyclic N) is 1. The summed E-state index contributed by atoms with van der Waals surface area (Å²) >= 11 is 0. The smallest absolute Gasteiger partial charge is 0.134 e. The molecule has 2 fully saturated rings. The maximum Gasteiger partial charge on any atom is 0.134 e. The van der Waals surface area contributed by atoms with Crippen LogP contribution in [0.2, 0.25) is 0 Å². The van der Waals surface area contributed by atoms with Gasteiger partial charge in [-0.25, -0.2) is 9.97 Å². The van der Waals surface area contributed by atoms with E-state index in [0.29, 0.717) is 13.0 Å². The van der Waals surface area contributed by atoms with E-state index in [9.17, 15) is 15.3 Å². The third-order valence-electron chi connectivity index (χ3n) is 4.60. The molecule has 1 atom stereocenters.